The second-order valence-corrected chi connectivity index (χ2v) is 6.15. The molecule has 0 fully saturated rings. The molecule has 0 amide bonds. The zero-order valence-electron chi connectivity index (χ0n) is 14.1. The van der Waals surface area contributed by atoms with E-state index in [0.29, 0.717) is 0 Å². The van der Waals surface area contributed by atoms with Gasteiger partial charge in [0.25, 0.3) is 0 Å². The number of hydrogen-bond acceptors (Lipinski definition) is 5. The van der Waals surface area contributed by atoms with Crippen LogP contribution in [0.5, 0.6) is 5.75 Å². The van der Waals surface area contributed by atoms with Crippen LogP contribution in [-0.4, -0.2) is 22.6 Å². The number of ketones is 2. The number of rotatable bonds is 3. The Morgan fingerprint density at radius 1 is 0.778 bits per heavy atom. The van der Waals surface area contributed by atoms with Crippen LogP contribution in [0.15, 0.2) is 66.7 Å². The highest BCUT2D eigenvalue weighted by Gasteiger charge is 2.33. The van der Waals surface area contributed by atoms with Crippen molar-refractivity contribution >= 4 is 17.5 Å². The van der Waals surface area contributed by atoms with Gasteiger partial charge >= 0.3 is 5.97 Å². The second kappa shape index (κ2) is 6.53. The lowest BCUT2D eigenvalue weighted by atomic mass is 9.82. The molecule has 3 aromatic rings. The van der Waals surface area contributed by atoms with Gasteiger partial charge in [0, 0.05) is 16.7 Å². The fraction of sp³-hybridized carbons (Fsp3) is 0.0455. The van der Waals surface area contributed by atoms with Gasteiger partial charge in [0.2, 0.25) is 0 Å². The highest BCUT2D eigenvalue weighted by atomic mass is 16.5. The summed E-state index contributed by atoms with van der Waals surface area (Å²) in [4.78, 5) is 37.8. The van der Waals surface area contributed by atoms with E-state index in [-0.39, 0.29) is 40.2 Å². The van der Waals surface area contributed by atoms with Crippen molar-refractivity contribution in [3.05, 3.63) is 100 Å². The van der Waals surface area contributed by atoms with Gasteiger partial charge in [-0.05, 0) is 17.7 Å². The molecule has 0 heterocycles. The summed E-state index contributed by atoms with van der Waals surface area (Å²) in [7, 11) is 0. The highest BCUT2D eigenvalue weighted by molar-refractivity contribution is 6.29. The Morgan fingerprint density at radius 3 is 2.11 bits per heavy atom. The fourth-order valence-electron chi connectivity index (χ4n) is 3.13. The van der Waals surface area contributed by atoms with Crippen LogP contribution in [0.3, 0.4) is 0 Å². The van der Waals surface area contributed by atoms with Gasteiger partial charge in [-0.1, -0.05) is 54.6 Å². The molecule has 4 rings (SSSR count). The molecule has 0 aliphatic heterocycles. The Morgan fingerprint density at radius 2 is 1.41 bits per heavy atom. The predicted octanol–water partition coefficient (Wildman–Crippen LogP) is 3.52. The average molecular weight is 358 g/mol. The molecule has 0 saturated heterocycles. The lowest BCUT2D eigenvalue weighted by Gasteiger charge is -2.19. The largest absolute Gasteiger partial charge is 0.506 e. The van der Waals surface area contributed by atoms with Crippen LogP contribution in [0.2, 0.25) is 0 Å². The van der Waals surface area contributed by atoms with Crippen molar-refractivity contribution in [2.45, 2.75) is 6.61 Å². The number of fused-ring (bicyclic) bond motifs is 2. The average Bonchev–Trinajstić information content (AvgIpc) is 2.71. The van der Waals surface area contributed by atoms with E-state index in [1.807, 2.05) is 18.2 Å². The number of benzene rings is 3. The van der Waals surface area contributed by atoms with E-state index in [9.17, 15) is 19.5 Å². The molecule has 3 aromatic carbocycles. The van der Waals surface area contributed by atoms with Gasteiger partial charge in [-0.3, -0.25) is 9.59 Å². The maximum Gasteiger partial charge on any atom is 0.342 e. The molecule has 0 radical (unpaired) electrons. The normalized spacial score (nSPS) is 12.3. The number of carbonyl (C=O) groups excluding carboxylic acids is 3. The first-order valence-corrected chi connectivity index (χ1v) is 8.33. The quantitative estimate of drug-likeness (QED) is 0.567. The van der Waals surface area contributed by atoms with Gasteiger partial charge in [-0.15, -0.1) is 0 Å². The van der Waals surface area contributed by atoms with Gasteiger partial charge in [-0.25, -0.2) is 4.79 Å². The predicted molar refractivity (Wildman–Crippen MR) is 97.0 cm³/mol. The zero-order chi connectivity index (χ0) is 19.0. The molecule has 0 saturated carbocycles. The van der Waals surface area contributed by atoms with Crippen LogP contribution >= 0.6 is 0 Å². The zero-order valence-corrected chi connectivity index (χ0v) is 14.1. The second-order valence-electron chi connectivity index (χ2n) is 6.15. The molecular formula is C22H14O5. The Kier molecular flexibility index (Phi) is 4.05. The van der Waals surface area contributed by atoms with E-state index >= 15 is 0 Å². The third kappa shape index (κ3) is 2.79. The van der Waals surface area contributed by atoms with E-state index in [4.69, 9.17) is 4.74 Å². The SMILES string of the molecule is O=C(OCc1ccccc1)c1ccc2c(c1O)C(=O)c1ccccc1C2=O. The maximum atomic E-state index is 12.8. The van der Waals surface area contributed by atoms with Crippen molar-refractivity contribution in [1.82, 2.24) is 0 Å². The lowest BCUT2D eigenvalue weighted by molar-refractivity contribution is 0.0469. The molecule has 5 nitrogen and oxygen atoms in total. The summed E-state index contributed by atoms with van der Waals surface area (Å²) in [5, 5.41) is 10.5. The van der Waals surface area contributed by atoms with Crippen LogP contribution in [0, 0.1) is 0 Å². The summed E-state index contributed by atoms with van der Waals surface area (Å²) in [6, 6.07) is 18.2. The summed E-state index contributed by atoms with van der Waals surface area (Å²) >= 11 is 0. The van der Waals surface area contributed by atoms with Gasteiger partial charge in [0.15, 0.2) is 11.6 Å². The maximum absolute atomic E-state index is 12.8. The fourth-order valence-corrected chi connectivity index (χ4v) is 3.13. The minimum absolute atomic E-state index is 0.0336. The van der Waals surface area contributed by atoms with Crippen LogP contribution in [0.1, 0.15) is 47.8 Å². The van der Waals surface area contributed by atoms with Crippen LogP contribution < -0.4 is 0 Å². The third-order valence-corrected chi connectivity index (χ3v) is 4.50. The molecule has 1 N–H and O–H groups in total. The molecule has 5 heteroatoms. The first-order chi connectivity index (χ1) is 13.1. The molecule has 0 spiro atoms. The van der Waals surface area contributed by atoms with Crippen LogP contribution in [-0.2, 0) is 11.3 Å². The topological polar surface area (TPSA) is 80.7 Å². The first kappa shape index (κ1) is 16.7. The van der Waals surface area contributed by atoms with Crippen molar-refractivity contribution in [1.29, 1.82) is 0 Å². The number of carbonyl (C=O) groups is 3. The monoisotopic (exact) mass is 358 g/mol. The number of hydrogen-bond donors (Lipinski definition) is 1. The minimum atomic E-state index is -0.765. The van der Waals surface area contributed by atoms with Gasteiger partial charge < -0.3 is 9.84 Å². The van der Waals surface area contributed by atoms with Crippen molar-refractivity contribution in [3.63, 3.8) is 0 Å². The molecule has 132 valence electrons. The van der Waals surface area contributed by atoms with E-state index in [0.717, 1.165) is 5.56 Å². The summed E-state index contributed by atoms with van der Waals surface area (Å²) in [5.74, 6) is -2.15. The van der Waals surface area contributed by atoms with Crippen molar-refractivity contribution in [3.8, 4) is 5.75 Å². The van der Waals surface area contributed by atoms with Gasteiger partial charge in [0.1, 0.15) is 17.9 Å². The molecule has 0 unspecified atom stereocenters. The van der Waals surface area contributed by atoms with Crippen molar-refractivity contribution < 1.29 is 24.2 Å². The molecule has 0 aromatic heterocycles. The molecule has 27 heavy (non-hydrogen) atoms. The highest BCUT2D eigenvalue weighted by Crippen LogP contribution is 2.35. The third-order valence-electron chi connectivity index (χ3n) is 4.50. The number of phenols is 1. The molecule has 1 aliphatic carbocycles. The lowest BCUT2D eigenvalue weighted by Crippen LogP contribution is -2.22. The Hall–Kier alpha value is -3.73. The van der Waals surface area contributed by atoms with Crippen molar-refractivity contribution in [2.75, 3.05) is 0 Å². The van der Waals surface area contributed by atoms with E-state index in [1.54, 1.807) is 30.3 Å². The van der Waals surface area contributed by atoms with E-state index in [2.05, 4.69) is 0 Å². The first-order valence-electron chi connectivity index (χ1n) is 8.33. The van der Waals surface area contributed by atoms with Gasteiger partial charge in [-0.2, -0.15) is 0 Å². The van der Waals surface area contributed by atoms with Crippen LogP contribution in [0.4, 0.5) is 0 Å². The smallest absolute Gasteiger partial charge is 0.342 e. The summed E-state index contributed by atoms with van der Waals surface area (Å²) in [6.45, 7) is 0.0336. The Balaban J connectivity index is 1.68. The van der Waals surface area contributed by atoms with Crippen molar-refractivity contribution in [2.24, 2.45) is 0 Å². The summed E-state index contributed by atoms with van der Waals surface area (Å²) in [6.07, 6.45) is 0. The van der Waals surface area contributed by atoms with E-state index < -0.39 is 17.5 Å². The number of aromatic hydroxyl groups is 1. The number of esters is 1. The molecular weight excluding hydrogens is 344 g/mol. The summed E-state index contributed by atoms with van der Waals surface area (Å²) < 4.78 is 5.22. The Labute approximate surface area is 154 Å². The molecule has 0 bridgehead atoms. The standard InChI is InChI=1S/C22H14O5/c23-19-14-8-4-5-9-15(14)20(24)18-16(19)10-11-17(21(18)25)22(26)27-12-13-6-2-1-3-7-13/h1-11,25H,12H2. The number of ether oxygens (including phenoxy) is 1. The van der Waals surface area contributed by atoms with E-state index in [1.165, 1.54) is 18.2 Å². The van der Waals surface area contributed by atoms with Gasteiger partial charge in [0.05, 0.1) is 5.56 Å². The number of phenolic OH excluding ortho intramolecular Hbond substituents is 1. The molecule has 0 atom stereocenters. The minimum Gasteiger partial charge on any atom is -0.506 e. The molecule has 1 aliphatic rings. The Bertz CT molecular complexity index is 1080. The van der Waals surface area contributed by atoms with Crippen LogP contribution in [0.25, 0.3) is 0 Å². The summed E-state index contributed by atoms with van der Waals surface area (Å²) in [5.41, 5.74) is 1.06.